The number of methoxy groups -OCH3 is 1. The van der Waals surface area contributed by atoms with E-state index in [9.17, 15) is 0 Å². The Morgan fingerprint density at radius 2 is 2.11 bits per heavy atom. The molecule has 1 aromatic rings. The first-order valence-electron chi connectivity index (χ1n) is 7.09. The molecule has 18 heavy (non-hydrogen) atoms. The summed E-state index contributed by atoms with van der Waals surface area (Å²) < 4.78 is 5.48. The minimum absolute atomic E-state index is 0.148. The lowest BCUT2D eigenvalue weighted by molar-refractivity contribution is 0.279. The van der Waals surface area contributed by atoms with Gasteiger partial charge in [-0.15, -0.1) is 0 Å². The maximum Gasteiger partial charge on any atom is 0.123 e. The smallest absolute Gasteiger partial charge is 0.123 e. The van der Waals surface area contributed by atoms with Crippen molar-refractivity contribution in [2.75, 3.05) is 7.11 Å². The summed E-state index contributed by atoms with van der Waals surface area (Å²) in [7, 11) is 1.74. The molecule has 2 aliphatic carbocycles. The van der Waals surface area contributed by atoms with E-state index in [0.29, 0.717) is 5.92 Å². The van der Waals surface area contributed by atoms with Gasteiger partial charge in [0.2, 0.25) is 0 Å². The first-order valence-corrected chi connectivity index (χ1v) is 7.09. The zero-order chi connectivity index (χ0) is 12.7. The normalized spacial score (nSPS) is 31.6. The molecule has 1 aromatic carbocycles. The molecule has 0 saturated heterocycles. The zero-order valence-corrected chi connectivity index (χ0v) is 11.4. The molecule has 0 aromatic heterocycles. The van der Waals surface area contributed by atoms with E-state index in [1.165, 1.54) is 36.8 Å². The molecule has 2 bridgehead atoms. The summed E-state index contributed by atoms with van der Waals surface area (Å²) in [6.07, 6.45) is 5.55. The minimum atomic E-state index is 0.148. The van der Waals surface area contributed by atoms with Crippen molar-refractivity contribution in [1.82, 2.24) is 0 Å². The van der Waals surface area contributed by atoms with Crippen molar-refractivity contribution < 1.29 is 4.74 Å². The quantitative estimate of drug-likeness (QED) is 0.885. The van der Waals surface area contributed by atoms with Gasteiger partial charge < -0.3 is 10.5 Å². The number of ether oxygens (including phenoxy) is 1. The van der Waals surface area contributed by atoms with Gasteiger partial charge in [0.1, 0.15) is 5.75 Å². The summed E-state index contributed by atoms with van der Waals surface area (Å²) in [6, 6.07) is 6.50. The molecule has 2 N–H and O–H groups in total. The van der Waals surface area contributed by atoms with Crippen LogP contribution in [0.25, 0.3) is 0 Å². The Bertz CT molecular complexity index is 443. The minimum Gasteiger partial charge on any atom is -0.496 e. The SMILES string of the molecule is COc1ccc(C)cc1C(N)C1CC2CCC1C2. The molecular formula is C16H23NO. The van der Waals surface area contributed by atoms with Gasteiger partial charge in [-0.05, 0) is 50.0 Å². The van der Waals surface area contributed by atoms with Crippen molar-refractivity contribution in [2.24, 2.45) is 23.5 Å². The number of hydrogen-bond acceptors (Lipinski definition) is 2. The van der Waals surface area contributed by atoms with Crippen LogP contribution in [-0.4, -0.2) is 7.11 Å². The monoisotopic (exact) mass is 245 g/mol. The predicted molar refractivity (Wildman–Crippen MR) is 73.6 cm³/mol. The Morgan fingerprint density at radius 1 is 1.28 bits per heavy atom. The van der Waals surface area contributed by atoms with Crippen molar-refractivity contribution >= 4 is 0 Å². The summed E-state index contributed by atoms with van der Waals surface area (Å²) in [5.74, 6) is 3.42. The Labute approximate surface area is 110 Å². The Balaban J connectivity index is 1.87. The molecule has 0 spiro atoms. The second-order valence-electron chi connectivity index (χ2n) is 6.11. The predicted octanol–water partition coefficient (Wildman–Crippen LogP) is 3.44. The van der Waals surface area contributed by atoms with Gasteiger partial charge in [0, 0.05) is 11.6 Å². The first kappa shape index (κ1) is 12.0. The molecule has 0 radical (unpaired) electrons. The second kappa shape index (κ2) is 4.58. The van der Waals surface area contributed by atoms with Crippen LogP contribution in [0.15, 0.2) is 18.2 Å². The second-order valence-corrected chi connectivity index (χ2v) is 6.11. The number of fused-ring (bicyclic) bond motifs is 2. The summed E-state index contributed by atoms with van der Waals surface area (Å²) in [5.41, 5.74) is 9.02. The molecule has 2 nitrogen and oxygen atoms in total. The lowest BCUT2D eigenvalue weighted by Gasteiger charge is -2.29. The highest BCUT2D eigenvalue weighted by Gasteiger charge is 2.42. The van der Waals surface area contributed by atoms with E-state index >= 15 is 0 Å². The molecule has 2 heteroatoms. The van der Waals surface area contributed by atoms with Crippen LogP contribution in [0.3, 0.4) is 0 Å². The fourth-order valence-corrected chi connectivity index (χ4v) is 4.08. The Morgan fingerprint density at radius 3 is 2.72 bits per heavy atom. The van der Waals surface area contributed by atoms with Gasteiger partial charge >= 0.3 is 0 Å². The van der Waals surface area contributed by atoms with Gasteiger partial charge in [-0.25, -0.2) is 0 Å². The van der Waals surface area contributed by atoms with E-state index in [1.54, 1.807) is 7.11 Å². The lowest BCUT2D eigenvalue weighted by Crippen LogP contribution is -2.26. The highest BCUT2D eigenvalue weighted by atomic mass is 16.5. The number of nitrogens with two attached hydrogens (primary N) is 1. The molecule has 2 saturated carbocycles. The third-order valence-electron chi connectivity index (χ3n) is 5.00. The van der Waals surface area contributed by atoms with Crippen LogP contribution in [0.2, 0.25) is 0 Å². The van der Waals surface area contributed by atoms with Gasteiger partial charge in [0.25, 0.3) is 0 Å². The number of rotatable bonds is 3. The van der Waals surface area contributed by atoms with Crippen LogP contribution in [0.4, 0.5) is 0 Å². The molecule has 0 amide bonds. The third kappa shape index (κ3) is 1.93. The topological polar surface area (TPSA) is 35.2 Å². The zero-order valence-electron chi connectivity index (χ0n) is 11.4. The Kier molecular flexibility index (Phi) is 3.06. The van der Waals surface area contributed by atoms with E-state index in [2.05, 4.69) is 25.1 Å². The van der Waals surface area contributed by atoms with E-state index < -0.39 is 0 Å². The summed E-state index contributed by atoms with van der Waals surface area (Å²) in [6.45, 7) is 2.12. The maximum atomic E-state index is 6.55. The van der Waals surface area contributed by atoms with E-state index in [-0.39, 0.29) is 6.04 Å². The average Bonchev–Trinajstić information content (AvgIpc) is 3.00. The van der Waals surface area contributed by atoms with Gasteiger partial charge in [-0.3, -0.25) is 0 Å². The Hall–Kier alpha value is -1.02. The molecule has 0 aliphatic heterocycles. The van der Waals surface area contributed by atoms with Crippen molar-refractivity contribution in [3.8, 4) is 5.75 Å². The molecule has 3 rings (SSSR count). The summed E-state index contributed by atoms with van der Waals surface area (Å²) >= 11 is 0. The van der Waals surface area contributed by atoms with Gasteiger partial charge in [0.05, 0.1) is 7.11 Å². The molecule has 0 heterocycles. The average molecular weight is 245 g/mol. The standard InChI is InChI=1S/C16H23NO/c1-10-3-6-15(18-2)14(7-10)16(17)13-9-11-4-5-12(13)8-11/h3,6-7,11-13,16H,4-5,8-9,17H2,1-2H3. The summed E-state index contributed by atoms with van der Waals surface area (Å²) in [5, 5.41) is 0. The highest BCUT2D eigenvalue weighted by Crippen LogP contribution is 2.52. The molecule has 98 valence electrons. The molecule has 2 aliphatic rings. The maximum absolute atomic E-state index is 6.55. The van der Waals surface area contributed by atoms with Gasteiger partial charge in [-0.1, -0.05) is 24.1 Å². The first-order chi connectivity index (χ1) is 8.69. The van der Waals surface area contributed by atoms with E-state index in [1.807, 2.05) is 0 Å². The number of benzene rings is 1. The fraction of sp³-hybridized carbons (Fsp3) is 0.625. The van der Waals surface area contributed by atoms with Crippen molar-refractivity contribution in [1.29, 1.82) is 0 Å². The van der Waals surface area contributed by atoms with Crippen LogP contribution < -0.4 is 10.5 Å². The van der Waals surface area contributed by atoms with Gasteiger partial charge in [0.15, 0.2) is 0 Å². The van der Waals surface area contributed by atoms with Crippen LogP contribution in [0.1, 0.15) is 42.9 Å². The molecule has 2 fully saturated rings. The molecule has 4 unspecified atom stereocenters. The number of aryl methyl sites for hydroxylation is 1. The van der Waals surface area contributed by atoms with Gasteiger partial charge in [-0.2, -0.15) is 0 Å². The van der Waals surface area contributed by atoms with Crippen LogP contribution >= 0.6 is 0 Å². The lowest BCUT2D eigenvalue weighted by atomic mass is 9.80. The molecular weight excluding hydrogens is 222 g/mol. The largest absolute Gasteiger partial charge is 0.496 e. The van der Waals surface area contributed by atoms with E-state index in [4.69, 9.17) is 10.5 Å². The van der Waals surface area contributed by atoms with Crippen molar-refractivity contribution in [3.05, 3.63) is 29.3 Å². The third-order valence-corrected chi connectivity index (χ3v) is 5.00. The molecule has 4 atom stereocenters. The highest BCUT2D eigenvalue weighted by molar-refractivity contribution is 5.39. The van der Waals surface area contributed by atoms with E-state index in [0.717, 1.165) is 17.6 Å². The fourth-order valence-electron chi connectivity index (χ4n) is 4.08. The summed E-state index contributed by atoms with van der Waals surface area (Å²) in [4.78, 5) is 0. The number of hydrogen-bond donors (Lipinski definition) is 1. The van der Waals surface area contributed by atoms with Crippen LogP contribution in [0.5, 0.6) is 5.75 Å². The van der Waals surface area contributed by atoms with Crippen molar-refractivity contribution in [3.63, 3.8) is 0 Å². The van der Waals surface area contributed by atoms with Crippen molar-refractivity contribution in [2.45, 2.75) is 38.6 Å². The van der Waals surface area contributed by atoms with Crippen LogP contribution in [-0.2, 0) is 0 Å². The van der Waals surface area contributed by atoms with Crippen LogP contribution in [0, 0.1) is 24.7 Å².